The first-order chi connectivity index (χ1) is 9.29. The number of hydrogen-bond acceptors (Lipinski definition) is 4. The normalized spacial score (nSPS) is 18.8. The number of benzene rings is 1. The van der Waals surface area contributed by atoms with Crippen molar-refractivity contribution in [2.24, 2.45) is 5.73 Å². The number of amides is 1. The Morgan fingerprint density at radius 2 is 2.20 bits per heavy atom. The smallest absolute Gasteiger partial charge is 0.240 e. The highest BCUT2D eigenvalue weighted by molar-refractivity contribution is 6.04. The molecule has 1 aliphatic heterocycles. The SMILES string of the molecule is CC(C)(N)C(=O)NC1CCOc2ccc(F)cc2C1=O. The molecule has 0 saturated heterocycles. The second kappa shape index (κ2) is 5.20. The zero-order valence-corrected chi connectivity index (χ0v) is 11.4. The van der Waals surface area contributed by atoms with Crippen LogP contribution in [0.25, 0.3) is 0 Å². The molecule has 0 aromatic heterocycles. The lowest BCUT2D eigenvalue weighted by Crippen LogP contribution is -2.54. The summed E-state index contributed by atoms with van der Waals surface area (Å²) in [6, 6.07) is 3.01. The fraction of sp³-hybridized carbons (Fsp3) is 0.429. The second-order valence-electron chi connectivity index (χ2n) is 5.39. The monoisotopic (exact) mass is 280 g/mol. The van der Waals surface area contributed by atoms with Crippen LogP contribution in [0.15, 0.2) is 18.2 Å². The van der Waals surface area contributed by atoms with Gasteiger partial charge in [-0.05, 0) is 32.0 Å². The summed E-state index contributed by atoms with van der Waals surface area (Å²) in [4.78, 5) is 24.2. The number of nitrogens with two attached hydrogens (primary N) is 1. The van der Waals surface area contributed by atoms with Crippen molar-refractivity contribution in [2.45, 2.75) is 31.8 Å². The van der Waals surface area contributed by atoms with Crippen molar-refractivity contribution in [2.75, 3.05) is 6.61 Å². The maximum Gasteiger partial charge on any atom is 0.240 e. The standard InChI is InChI=1S/C14H17FN2O3/c1-14(2,16)13(19)17-10-5-6-20-11-4-3-8(15)7-9(11)12(10)18/h3-4,7,10H,5-6,16H2,1-2H3,(H,17,19). The number of ether oxygens (including phenoxy) is 1. The summed E-state index contributed by atoms with van der Waals surface area (Å²) < 4.78 is 18.7. The lowest BCUT2D eigenvalue weighted by atomic mass is 9.99. The van der Waals surface area contributed by atoms with Gasteiger partial charge >= 0.3 is 0 Å². The lowest BCUT2D eigenvalue weighted by Gasteiger charge is -2.22. The first-order valence-electron chi connectivity index (χ1n) is 6.35. The predicted molar refractivity (Wildman–Crippen MR) is 71.0 cm³/mol. The van der Waals surface area contributed by atoms with Gasteiger partial charge in [0.2, 0.25) is 5.91 Å². The third-order valence-corrected chi connectivity index (χ3v) is 3.08. The number of rotatable bonds is 2. The zero-order valence-electron chi connectivity index (χ0n) is 11.4. The van der Waals surface area contributed by atoms with E-state index in [0.717, 1.165) is 6.07 Å². The molecule has 0 fully saturated rings. The first-order valence-corrected chi connectivity index (χ1v) is 6.35. The molecule has 0 aliphatic carbocycles. The lowest BCUT2D eigenvalue weighted by molar-refractivity contribution is -0.125. The Morgan fingerprint density at radius 3 is 2.85 bits per heavy atom. The minimum absolute atomic E-state index is 0.141. The third-order valence-electron chi connectivity index (χ3n) is 3.08. The van der Waals surface area contributed by atoms with Gasteiger partial charge in [0, 0.05) is 6.42 Å². The van der Waals surface area contributed by atoms with Gasteiger partial charge in [0.25, 0.3) is 0 Å². The van der Waals surface area contributed by atoms with Crippen molar-refractivity contribution in [1.82, 2.24) is 5.32 Å². The van der Waals surface area contributed by atoms with E-state index in [0.29, 0.717) is 12.2 Å². The summed E-state index contributed by atoms with van der Waals surface area (Å²) in [6.45, 7) is 3.36. The van der Waals surface area contributed by atoms with Crippen LogP contribution in [-0.2, 0) is 4.79 Å². The highest BCUT2D eigenvalue weighted by atomic mass is 19.1. The van der Waals surface area contributed by atoms with Gasteiger partial charge in [-0.3, -0.25) is 9.59 Å². The van der Waals surface area contributed by atoms with Crippen LogP contribution in [0.2, 0.25) is 0 Å². The highest BCUT2D eigenvalue weighted by Gasteiger charge is 2.31. The molecular formula is C14H17FN2O3. The Morgan fingerprint density at radius 1 is 1.50 bits per heavy atom. The van der Waals surface area contributed by atoms with Crippen molar-refractivity contribution >= 4 is 11.7 Å². The molecule has 108 valence electrons. The molecule has 1 aromatic rings. The second-order valence-corrected chi connectivity index (χ2v) is 5.39. The summed E-state index contributed by atoms with van der Waals surface area (Å²) >= 11 is 0. The van der Waals surface area contributed by atoms with Crippen molar-refractivity contribution in [3.63, 3.8) is 0 Å². The Bertz CT molecular complexity index is 552. The maximum atomic E-state index is 13.3. The van der Waals surface area contributed by atoms with Crippen molar-refractivity contribution in [1.29, 1.82) is 0 Å². The molecule has 0 saturated carbocycles. The summed E-state index contributed by atoms with van der Waals surface area (Å²) in [5.74, 6) is -0.989. The fourth-order valence-corrected chi connectivity index (χ4v) is 1.91. The number of carbonyl (C=O) groups is 2. The molecule has 1 amide bonds. The van der Waals surface area contributed by atoms with Gasteiger partial charge in [0.05, 0.1) is 23.8 Å². The van der Waals surface area contributed by atoms with E-state index in [1.165, 1.54) is 12.1 Å². The van der Waals surface area contributed by atoms with E-state index in [9.17, 15) is 14.0 Å². The molecule has 6 heteroatoms. The molecule has 1 aromatic carbocycles. The number of Topliss-reactive ketones (excluding diaryl/α,β-unsaturated/α-hetero) is 1. The van der Waals surface area contributed by atoms with E-state index in [2.05, 4.69) is 5.32 Å². The van der Waals surface area contributed by atoms with Crippen LogP contribution in [0, 0.1) is 5.82 Å². The van der Waals surface area contributed by atoms with E-state index < -0.39 is 23.3 Å². The molecule has 1 atom stereocenters. The van der Waals surface area contributed by atoms with Crippen LogP contribution >= 0.6 is 0 Å². The highest BCUT2D eigenvalue weighted by Crippen LogP contribution is 2.25. The minimum Gasteiger partial charge on any atom is -0.493 e. The Kier molecular flexibility index (Phi) is 3.76. The van der Waals surface area contributed by atoms with Gasteiger partial charge in [-0.1, -0.05) is 0 Å². The van der Waals surface area contributed by atoms with E-state index in [-0.39, 0.29) is 18.0 Å². The number of hydrogen-bond donors (Lipinski definition) is 2. The molecule has 5 nitrogen and oxygen atoms in total. The van der Waals surface area contributed by atoms with Gasteiger partial charge in [-0.2, -0.15) is 0 Å². The number of nitrogens with one attached hydrogen (secondary N) is 1. The average molecular weight is 280 g/mol. The third kappa shape index (κ3) is 2.96. The van der Waals surface area contributed by atoms with Gasteiger partial charge < -0.3 is 15.8 Å². The topological polar surface area (TPSA) is 81.4 Å². The molecule has 1 aliphatic rings. The zero-order chi connectivity index (χ0) is 14.9. The molecule has 0 bridgehead atoms. The predicted octanol–water partition coefficient (Wildman–Crippen LogP) is 1.01. The molecular weight excluding hydrogens is 263 g/mol. The Balaban J connectivity index is 2.25. The quantitative estimate of drug-likeness (QED) is 0.847. The number of fused-ring (bicyclic) bond motifs is 1. The molecule has 1 heterocycles. The molecule has 1 unspecified atom stereocenters. The molecule has 0 radical (unpaired) electrons. The average Bonchev–Trinajstić information content (AvgIpc) is 2.50. The van der Waals surface area contributed by atoms with E-state index in [1.54, 1.807) is 13.8 Å². The van der Waals surface area contributed by atoms with Crippen molar-refractivity contribution < 1.29 is 18.7 Å². The summed E-state index contributed by atoms with van der Waals surface area (Å²) in [5, 5.41) is 2.59. The Labute approximate surface area is 116 Å². The summed E-state index contributed by atoms with van der Waals surface area (Å²) in [5.41, 5.74) is 4.74. The van der Waals surface area contributed by atoms with Gasteiger partial charge in [-0.25, -0.2) is 4.39 Å². The van der Waals surface area contributed by atoms with Crippen LogP contribution in [0.1, 0.15) is 30.6 Å². The van der Waals surface area contributed by atoms with Gasteiger partial charge in [0.15, 0.2) is 5.78 Å². The minimum atomic E-state index is -1.09. The van der Waals surface area contributed by atoms with E-state index in [1.807, 2.05) is 0 Å². The number of halogens is 1. The van der Waals surface area contributed by atoms with Gasteiger partial charge in [-0.15, -0.1) is 0 Å². The van der Waals surface area contributed by atoms with Gasteiger partial charge in [0.1, 0.15) is 11.6 Å². The Hall–Kier alpha value is -1.95. The molecule has 2 rings (SSSR count). The fourth-order valence-electron chi connectivity index (χ4n) is 1.91. The van der Waals surface area contributed by atoms with E-state index >= 15 is 0 Å². The molecule has 3 N–H and O–H groups in total. The van der Waals surface area contributed by atoms with Crippen LogP contribution < -0.4 is 15.8 Å². The van der Waals surface area contributed by atoms with Crippen molar-refractivity contribution in [3.8, 4) is 5.75 Å². The maximum absolute atomic E-state index is 13.3. The largest absolute Gasteiger partial charge is 0.493 e. The summed E-state index contributed by atoms with van der Waals surface area (Å²) in [6.07, 6.45) is 0.316. The number of carbonyl (C=O) groups excluding carboxylic acids is 2. The molecule has 20 heavy (non-hydrogen) atoms. The summed E-state index contributed by atoms with van der Waals surface area (Å²) in [7, 11) is 0. The van der Waals surface area contributed by atoms with Crippen LogP contribution in [-0.4, -0.2) is 29.9 Å². The van der Waals surface area contributed by atoms with E-state index in [4.69, 9.17) is 10.5 Å². The van der Waals surface area contributed by atoms with Crippen LogP contribution in [0.4, 0.5) is 4.39 Å². The molecule has 0 spiro atoms. The first kappa shape index (κ1) is 14.5. The van der Waals surface area contributed by atoms with Crippen LogP contribution in [0.5, 0.6) is 5.75 Å². The van der Waals surface area contributed by atoms with Crippen molar-refractivity contribution in [3.05, 3.63) is 29.6 Å². The number of ketones is 1. The van der Waals surface area contributed by atoms with Crippen LogP contribution in [0.3, 0.4) is 0 Å².